The van der Waals surface area contributed by atoms with E-state index in [1.807, 2.05) is 0 Å². The van der Waals surface area contributed by atoms with Gasteiger partial charge in [0.1, 0.15) is 11.9 Å². The monoisotopic (exact) mass is 297 g/mol. The molecule has 0 atom stereocenters. The zero-order valence-electron chi connectivity index (χ0n) is 9.87. The predicted molar refractivity (Wildman–Crippen MR) is 68.7 cm³/mol. The lowest BCUT2D eigenvalue weighted by Crippen LogP contribution is -2.06. The average molecular weight is 298 g/mol. The minimum absolute atomic E-state index is 0.114. The molecule has 1 N–H and O–H groups in total. The van der Waals surface area contributed by atoms with Gasteiger partial charge in [-0.15, -0.1) is 0 Å². The van der Waals surface area contributed by atoms with Gasteiger partial charge in [0.05, 0.1) is 21.8 Å². The van der Waals surface area contributed by atoms with Gasteiger partial charge in [-0.25, -0.2) is 4.98 Å². The van der Waals surface area contributed by atoms with E-state index in [0.717, 1.165) is 12.1 Å². The van der Waals surface area contributed by atoms with E-state index < -0.39 is 11.7 Å². The number of benzene rings is 1. The third-order valence-electron chi connectivity index (χ3n) is 2.46. The maximum absolute atomic E-state index is 12.6. The lowest BCUT2D eigenvalue weighted by Gasteiger charge is -2.11. The Kier molecular flexibility index (Phi) is 3.81. The molecule has 0 aliphatic heterocycles. The Hall–Kier alpha value is -2.26. The molecule has 102 valence electrons. The number of hydrogen-bond acceptors (Lipinski definition) is 3. The van der Waals surface area contributed by atoms with Gasteiger partial charge >= 0.3 is 6.18 Å². The van der Waals surface area contributed by atoms with E-state index in [1.54, 1.807) is 18.2 Å². The lowest BCUT2D eigenvalue weighted by molar-refractivity contribution is -0.137. The smallest absolute Gasteiger partial charge is 0.339 e. The van der Waals surface area contributed by atoms with Crippen molar-refractivity contribution in [2.45, 2.75) is 6.18 Å². The molecule has 2 aromatic rings. The summed E-state index contributed by atoms with van der Waals surface area (Å²) in [6, 6.07) is 7.74. The largest absolute Gasteiger partial charge is 0.416 e. The van der Waals surface area contributed by atoms with E-state index >= 15 is 0 Å². The van der Waals surface area contributed by atoms with E-state index in [-0.39, 0.29) is 11.3 Å². The summed E-state index contributed by atoms with van der Waals surface area (Å²) in [5.41, 5.74) is -0.740. The molecule has 0 bridgehead atoms. The molecule has 0 saturated heterocycles. The summed E-state index contributed by atoms with van der Waals surface area (Å²) in [5.74, 6) is 0.380. The second-order valence-electron chi connectivity index (χ2n) is 3.86. The number of pyridine rings is 1. The molecule has 1 aromatic carbocycles. The molecule has 0 amide bonds. The highest BCUT2D eigenvalue weighted by Crippen LogP contribution is 2.32. The zero-order chi connectivity index (χ0) is 14.8. The van der Waals surface area contributed by atoms with Crippen LogP contribution in [0.3, 0.4) is 0 Å². The van der Waals surface area contributed by atoms with Crippen molar-refractivity contribution in [2.24, 2.45) is 0 Å². The summed E-state index contributed by atoms with van der Waals surface area (Å²) in [6.45, 7) is 0. The summed E-state index contributed by atoms with van der Waals surface area (Å²) >= 11 is 5.68. The van der Waals surface area contributed by atoms with Gasteiger partial charge < -0.3 is 5.32 Å². The summed E-state index contributed by atoms with van der Waals surface area (Å²) < 4.78 is 37.7. The third-order valence-corrected chi connectivity index (χ3v) is 2.68. The first-order valence-electron chi connectivity index (χ1n) is 5.40. The summed E-state index contributed by atoms with van der Waals surface area (Å²) in [6.07, 6.45) is -3.09. The van der Waals surface area contributed by atoms with Gasteiger partial charge in [-0.2, -0.15) is 18.4 Å². The van der Waals surface area contributed by atoms with Crippen molar-refractivity contribution >= 4 is 23.1 Å². The Bertz CT molecular complexity index is 660. The SMILES string of the molecule is N#Cc1cc(C(F)(F)F)ccc1Nc1ccc(Cl)cn1. The number of aromatic nitrogens is 1. The molecule has 20 heavy (non-hydrogen) atoms. The highest BCUT2D eigenvalue weighted by atomic mass is 35.5. The molecule has 7 heteroatoms. The van der Waals surface area contributed by atoms with Crippen LogP contribution in [-0.2, 0) is 6.18 Å². The molecule has 0 unspecified atom stereocenters. The third kappa shape index (κ3) is 3.19. The number of halogens is 4. The molecular weight excluding hydrogens is 291 g/mol. The molecule has 0 radical (unpaired) electrons. The van der Waals surface area contributed by atoms with Crippen molar-refractivity contribution in [3.63, 3.8) is 0 Å². The van der Waals surface area contributed by atoms with Crippen molar-refractivity contribution in [1.82, 2.24) is 4.98 Å². The zero-order valence-corrected chi connectivity index (χ0v) is 10.6. The molecule has 2 rings (SSSR count). The van der Waals surface area contributed by atoms with Crippen LogP contribution in [0, 0.1) is 11.3 Å². The molecule has 0 spiro atoms. The number of hydrogen-bond donors (Lipinski definition) is 1. The quantitative estimate of drug-likeness (QED) is 0.895. The highest BCUT2D eigenvalue weighted by Gasteiger charge is 2.31. The van der Waals surface area contributed by atoms with Crippen LogP contribution in [0.15, 0.2) is 36.5 Å². The van der Waals surface area contributed by atoms with Crippen LogP contribution in [0.25, 0.3) is 0 Å². The van der Waals surface area contributed by atoms with Gasteiger partial charge in [-0.1, -0.05) is 11.6 Å². The lowest BCUT2D eigenvalue weighted by atomic mass is 10.1. The Labute approximate surface area is 117 Å². The van der Waals surface area contributed by atoms with Crippen LogP contribution in [0.4, 0.5) is 24.7 Å². The first kappa shape index (κ1) is 14.2. The maximum atomic E-state index is 12.6. The molecule has 1 heterocycles. The molecular formula is C13H7ClF3N3. The Morgan fingerprint density at radius 1 is 1.20 bits per heavy atom. The van der Waals surface area contributed by atoms with Crippen LogP contribution in [0.1, 0.15) is 11.1 Å². The number of nitrogens with one attached hydrogen (secondary N) is 1. The summed E-state index contributed by atoms with van der Waals surface area (Å²) in [7, 11) is 0. The van der Waals surface area contributed by atoms with Gasteiger partial charge in [0.25, 0.3) is 0 Å². The fraction of sp³-hybridized carbons (Fsp3) is 0.0769. The van der Waals surface area contributed by atoms with Crippen molar-refractivity contribution in [3.8, 4) is 6.07 Å². The van der Waals surface area contributed by atoms with Crippen LogP contribution < -0.4 is 5.32 Å². The van der Waals surface area contributed by atoms with Gasteiger partial charge in [0, 0.05) is 6.20 Å². The van der Waals surface area contributed by atoms with Crippen molar-refractivity contribution < 1.29 is 13.2 Å². The molecule has 1 aromatic heterocycles. The number of anilines is 2. The van der Waals surface area contributed by atoms with Crippen molar-refractivity contribution in [1.29, 1.82) is 5.26 Å². The van der Waals surface area contributed by atoms with Crippen molar-refractivity contribution in [3.05, 3.63) is 52.7 Å². The fourth-order valence-corrected chi connectivity index (χ4v) is 1.62. The van der Waals surface area contributed by atoms with Gasteiger partial charge in [0.2, 0.25) is 0 Å². The molecule has 0 aliphatic rings. The van der Waals surface area contributed by atoms with Crippen LogP contribution in [-0.4, -0.2) is 4.98 Å². The van der Waals surface area contributed by atoms with E-state index in [9.17, 15) is 13.2 Å². The minimum atomic E-state index is -4.48. The van der Waals surface area contributed by atoms with Gasteiger partial charge in [-0.3, -0.25) is 0 Å². The normalized spacial score (nSPS) is 10.9. The molecule has 0 aliphatic carbocycles. The number of rotatable bonds is 2. The molecule has 3 nitrogen and oxygen atoms in total. The molecule has 0 saturated carbocycles. The first-order chi connectivity index (χ1) is 9.40. The second-order valence-corrected chi connectivity index (χ2v) is 4.29. The second kappa shape index (κ2) is 5.39. The highest BCUT2D eigenvalue weighted by molar-refractivity contribution is 6.30. The van der Waals surface area contributed by atoms with Crippen LogP contribution >= 0.6 is 11.6 Å². The van der Waals surface area contributed by atoms with E-state index in [0.29, 0.717) is 10.8 Å². The van der Waals surface area contributed by atoms with E-state index in [4.69, 9.17) is 16.9 Å². The first-order valence-corrected chi connectivity index (χ1v) is 5.78. The topological polar surface area (TPSA) is 48.7 Å². The van der Waals surface area contributed by atoms with Gasteiger partial charge in [-0.05, 0) is 30.3 Å². The van der Waals surface area contributed by atoms with Crippen LogP contribution in [0.5, 0.6) is 0 Å². The Balaban J connectivity index is 2.33. The Morgan fingerprint density at radius 2 is 1.95 bits per heavy atom. The fourth-order valence-electron chi connectivity index (χ4n) is 1.51. The summed E-state index contributed by atoms with van der Waals surface area (Å²) in [4.78, 5) is 3.95. The maximum Gasteiger partial charge on any atom is 0.416 e. The van der Waals surface area contributed by atoms with E-state index in [2.05, 4.69) is 10.3 Å². The van der Waals surface area contributed by atoms with Crippen molar-refractivity contribution in [2.75, 3.05) is 5.32 Å². The van der Waals surface area contributed by atoms with Crippen LogP contribution in [0.2, 0.25) is 5.02 Å². The summed E-state index contributed by atoms with van der Waals surface area (Å²) in [5, 5.41) is 12.1. The van der Waals surface area contributed by atoms with Gasteiger partial charge in [0.15, 0.2) is 0 Å². The molecule has 0 fully saturated rings. The predicted octanol–water partition coefficient (Wildman–Crippen LogP) is 4.37. The average Bonchev–Trinajstić information content (AvgIpc) is 2.40. The Morgan fingerprint density at radius 3 is 2.50 bits per heavy atom. The number of nitrogens with zero attached hydrogens (tertiary/aromatic N) is 2. The number of nitriles is 1. The number of alkyl halides is 3. The minimum Gasteiger partial charge on any atom is -0.339 e. The standard InChI is InChI=1S/C13H7ClF3N3/c14-10-2-4-12(19-7-10)20-11-3-1-9(13(15,16)17)5-8(11)6-18/h1-5,7H,(H,19,20). The van der Waals surface area contributed by atoms with E-state index in [1.165, 1.54) is 12.3 Å².